The van der Waals surface area contributed by atoms with Crippen molar-refractivity contribution in [2.24, 2.45) is 0 Å². The molecule has 2 aromatic heterocycles. The Morgan fingerprint density at radius 2 is 1.78 bits per heavy atom. The van der Waals surface area contributed by atoms with E-state index in [9.17, 15) is 14.9 Å². The summed E-state index contributed by atoms with van der Waals surface area (Å²) in [6.45, 7) is 3.52. The zero-order valence-corrected chi connectivity index (χ0v) is 18.7. The molecule has 0 saturated carbocycles. The number of likely N-dealkylation sites (tertiary alicyclic amines) is 1. The Hall–Kier alpha value is -3.18. The van der Waals surface area contributed by atoms with Gasteiger partial charge in [-0.15, -0.1) is 11.3 Å². The number of hydrogen-bond donors (Lipinski definition) is 0. The Morgan fingerprint density at radius 3 is 2.53 bits per heavy atom. The predicted octanol–water partition coefficient (Wildman–Crippen LogP) is 3.60. The molecule has 2 saturated heterocycles. The average molecular weight is 448 g/mol. The molecule has 0 bridgehead atoms. The first kappa shape index (κ1) is 20.7. The largest absolute Gasteiger partial charge is 0.342 e. The molecule has 2 aliphatic heterocycles. The van der Waals surface area contributed by atoms with Crippen molar-refractivity contribution in [3.8, 4) is 6.07 Å². The summed E-state index contributed by atoms with van der Waals surface area (Å²) >= 11 is 1.24. The Morgan fingerprint density at radius 1 is 1.06 bits per heavy atom. The number of piperidine rings is 1. The Labute approximate surface area is 190 Å². The molecule has 2 aliphatic rings. The van der Waals surface area contributed by atoms with Crippen LogP contribution in [0.5, 0.6) is 0 Å². The second-order valence-corrected chi connectivity index (χ2v) is 9.50. The highest BCUT2D eigenvalue weighted by Gasteiger charge is 2.25. The lowest BCUT2D eigenvalue weighted by Gasteiger charge is -2.29. The van der Waals surface area contributed by atoms with Gasteiger partial charge in [-0.1, -0.05) is 18.2 Å². The van der Waals surface area contributed by atoms with Gasteiger partial charge >= 0.3 is 0 Å². The number of thiophene rings is 1. The lowest BCUT2D eigenvalue weighted by atomic mass is 10.1. The van der Waals surface area contributed by atoms with E-state index in [4.69, 9.17) is 4.98 Å². The molecular formula is C24H25N5O2S. The van der Waals surface area contributed by atoms with Crippen LogP contribution in [0.15, 0.2) is 35.1 Å². The van der Waals surface area contributed by atoms with Crippen LogP contribution < -0.4 is 10.5 Å². The van der Waals surface area contributed by atoms with Gasteiger partial charge in [-0.3, -0.25) is 14.2 Å². The molecule has 0 unspecified atom stereocenters. The number of hydrogen-bond acceptors (Lipinski definition) is 6. The fourth-order valence-electron chi connectivity index (χ4n) is 4.60. The first-order chi connectivity index (χ1) is 15.7. The van der Waals surface area contributed by atoms with Crippen LogP contribution in [0.3, 0.4) is 0 Å². The Kier molecular flexibility index (Phi) is 5.66. The van der Waals surface area contributed by atoms with Gasteiger partial charge in [0, 0.05) is 26.2 Å². The van der Waals surface area contributed by atoms with Crippen molar-refractivity contribution in [2.75, 3.05) is 31.1 Å². The molecule has 0 radical (unpaired) electrons. The van der Waals surface area contributed by atoms with Gasteiger partial charge < -0.3 is 9.80 Å². The minimum Gasteiger partial charge on any atom is -0.342 e. The number of nitriles is 1. The van der Waals surface area contributed by atoms with Crippen molar-refractivity contribution < 1.29 is 4.79 Å². The molecule has 2 fully saturated rings. The van der Waals surface area contributed by atoms with E-state index in [0.717, 1.165) is 57.4 Å². The van der Waals surface area contributed by atoms with Crippen LogP contribution in [0, 0.1) is 11.3 Å². The molecule has 0 aliphatic carbocycles. The predicted molar refractivity (Wildman–Crippen MR) is 125 cm³/mol. The van der Waals surface area contributed by atoms with Crippen LogP contribution in [0.1, 0.15) is 52.9 Å². The van der Waals surface area contributed by atoms with Crippen LogP contribution in [-0.2, 0) is 6.54 Å². The molecule has 7 nitrogen and oxygen atoms in total. The highest BCUT2D eigenvalue weighted by molar-refractivity contribution is 7.20. The topological polar surface area (TPSA) is 82.2 Å². The summed E-state index contributed by atoms with van der Waals surface area (Å²) in [5.74, 6) is 0.624. The number of benzene rings is 1. The maximum atomic E-state index is 13.7. The minimum absolute atomic E-state index is 0.00852. The van der Waals surface area contributed by atoms with E-state index in [1.54, 1.807) is 16.7 Å². The van der Waals surface area contributed by atoms with Gasteiger partial charge in [0.2, 0.25) is 5.95 Å². The first-order valence-electron chi connectivity index (χ1n) is 11.2. The second-order valence-electron chi connectivity index (χ2n) is 8.44. The van der Waals surface area contributed by atoms with Crippen LogP contribution in [-0.4, -0.2) is 46.5 Å². The van der Waals surface area contributed by atoms with Gasteiger partial charge in [-0.2, -0.15) is 5.26 Å². The van der Waals surface area contributed by atoms with Crippen molar-refractivity contribution in [1.82, 2.24) is 14.5 Å². The lowest BCUT2D eigenvalue weighted by Crippen LogP contribution is -2.36. The molecule has 0 atom stereocenters. The number of nitrogens with zero attached hydrogens (tertiary/aromatic N) is 5. The molecule has 5 rings (SSSR count). The Balaban J connectivity index is 1.62. The molecular weight excluding hydrogens is 422 g/mol. The molecule has 4 heterocycles. The summed E-state index contributed by atoms with van der Waals surface area (Å²) in [7, 11) is 0. The van der Waals surface area contributed by atoms with E-state index in [1.807, 2.05) is 23.1 Å². The van der Waals surface area contributed by atoms with Crippen LogP contribution >= 0.6 is 11.3 Å². The van der Waals surface area contributed by atoms with Gasteiger partial charge in [-0.25, -0.2) is 4.98 Å². The van der Waals surface area contributed by atoms with Gasteiger partial charge in [0.1, 0.15) is 4.70 Å². The molecule has 8 heteroatoms. The minimum atomic E-state index is -0.145. The number of anilines is 1. The molecule has 0 spiro atoms. The van der Waals surface area contributed by atoms with Crippen LogP contribution in [0.4, 0.5) is 5.95 Å². The van der Waals surface area contributed by atoms with Gasteiger partial charge in [-0.05, 0) is 49.8 Å². The van der Waals surface area contributed by atoms with Crippen molar-refractivity contribution in [1.29, 1.82) is 5.26 Å². The number of aromatic nitrogens is 2. The quantitative estimate of drug-likeness (QED) is 0.610. The number of carbonyl (C=O) groups excluding carboxylic acids is 1. The highest BCUT2D eigenvalue weighted by atomic mass is 32.1. The number of amides is 1. The summed E-state index contributed by atoms with van der Waals surface area (Å²) in [4.78, 5) is 36.1. The maximum absolute atomic E-state index is 13.7. The second kappa shape index (κ2) is 8.75. The molecule has 3 aromatic rings. The van der Waals surface area contributed by atoms with Gasteiger partial charge in [0.25, 0.3) is 11.5 Å². The third-order valence-corrected chi connectivity index (χ3v) is 7.42. The van der Waals surface area contributed by atoms with E-state index in [0.29, 0.717) is 26.6 Å². The summed E-state index contributed by atoms with van der Waals surface area (Å²) in [6, 6.07) is 11.4. The normalized spacial score (nSPS) is 16.5. The maximum Gasteiger partial charge on any atom is 0.273 e. The fraction of sp³-hybridized carbons (Fsp3) is 0.417. The third kappa shape index (κ3) is 3.78. The SMILES string of the molecule is N#Cc1ccccc1Cn1c(N2CCCCC2)nc2cc(C(=O)N3CCCC3)sc2c1=O. The number of carbonyl (C=O) groups is 1. The van der Waals surface area contributed by atoms with Gasteiger partial charge in [0.05, 0.1) is 28.6 Å². The zero-order valence-electron chi connectivity index (χ0n) is 17.9. The standard InChI is InChI=1S/C24H25N5O2S/c25-15-17-8-2-3-9-18(17)16-29-23(31)21-19(26-24(29)28-12-4-1-5-13-28)14-20(32-21)22(30)27-10-6-7-11-27/h2-3,8-9,14H,1,4-7,10-13,16H2. The smallest absolute Gasteiger partial charge is 0.273 e. The van der Waals surface area contributed by atoms with E-state index in [2.05, 4.69) is 11.0 Å². The Bertz CT molecular complexity index is 1260. The molecule has 1 amide bonds. The fourth-order valence-corrected chi connectivity index (χ4v) is 5.61. The molecule has 1 aromatic carbocycles. The summed E-state index contributed by atoms with van der Waals surface area (Å²) < 4.78 is 2.19. The molecule has 0 N–H and O–H groups in total. The highest BCUT2D eigenvalue weighted by Crippen LogP contribution is 2.27. The molecule has 164 valence electrons. The van der Waals surface area contributed by atoms with Crippen LogP contribution in [0.2, 0.25) is 0 Å². The summed E-state index contributed by atoms with van der Waals surface area (Å²) in [5.41, 5.74) is 1.79. The van der Waals surface area contributed by atoms with E-state index in [-0.39, 0.29) is 18.0 Å². The van der Waals surface area contributed by atoms with E-state index < -0.39 is 0 Å². The zero-order chi connectivity index (χ0) is 22.1. The monoisotopic (exact) mass is 447 g/mol. The van der Waals surface area contributed by atoms with Crippen molar-refractivity contribution in [3.63, 3.8) is 0 Å². The van der Waals surface area contributed by atoms with Crippen LogP contribution in [0.25, 0.3) is 10.2 Å². The van der Waals surface area contributed by atoms with Crippen molar-refractivity contribution >= 4 is 33.4 Å². The van der Waals surface area contributed by atoms with Gasteiger partial charge in [0.15, 0.2) is 0 Å². The average Bonchev–Trinajstić information content (AvgIpc) is 3.52. The van der Waals surface area contributed by atoms with Crippen molar-refractivity contribution in [2.45, 2.75) is 38.6 Å². The van der Waals surface area contributed by atoms with E-state index >= 15 is 0 Å². The number of rotatable bonds is 4. The summed E-state index contributed by atoms with van der Waals surface area (Å²) in [5, 5.41) is 9.52. The lowest BCUT2D eigenvalue weighted by molar-refractivity contribution is 0.0797. The van der Waals surface area contributed by atoms with E-state index in [1.165, 1.54) is 17.8 Å². The third-order valence-electron chi connectivity index (χ3n) is 6.32. The first-order valence-corrected chi connectivity index (χ1v) is 12.0. The van der Waals surface area contributed by atoms with Crippen molar-refractivity contribution in [3.05, 3.63) is 56.7 Å². The molecule has 32 heavy (non-hydrogen) atoms. The number of fused-ring (bicyclic) bond motifs is 1. The summed E-state index contributed by atoms with van der Waals surface area (Å²) in [6.07, 6.45) is 5.35.